The van der Waals surface area contributed by atoms with Crippen molar-refractivity contribution < 1.29 is 46.7 Å². The first kappa shape index (κ1) is 13.2. The van der Waals surface area contributed by atoms with Crippen LogP contribution in [0, 0.1) is 42.5 Å². The van der Waals surface area contributed by atoms with E-state index in [1.807, 2.05) is 12.1 Å². The Morgan fingerprint density at radius 1 is 1.38 bits per heavy atom. The normalized spacial score (nSPS) is 9.38. The van der Waals surface area contributed by atoms with Crippen LogP contribution in [0.4, 0.5) is 0 Å². The average molecular weight is 224 g/mol. The van der Waals surface area contributed by atoms with Crippen molar-refractivity contribution >= 4 is 10.6 Å². The summed E-state index contributed by atoms with van der Waals surface area (Å²) in [6, 6.07) is 7.21. The summed E-state index contributed by atoms with van der Waals surface area (Å²) in [5, 5.41) is 0. The zero-order valence-corrected chi connectivity index (χ0v) is 8.62. The van der Waals surface area contributed by atoms with E-state index in [4.69, 9.17) is 9.52 Å². The molecular weight excluding hydrogens is 214 g/mol. The van der Waals surface area contributed by atoms with E-state index in [2.05, 4.69) is 0 Å². The third kappa shape index (κ3) is 4.86. The molecule has 0 fully saturated rings. The maximum Gasteiger partial charge on any atom is 0.118 e. The smallest absolute Gasteiger partial charge is 0.118 e. The molecule has 0 aliphatic carbocycles. The van der Waals surface area contributed by atoms with Crippen molar-refractivity contribution in [2.75, 3.05) is 7.11 Å². The molecule has 1 N–H and O–H groups in total. The Kier molecular flexibility index (Phi) is 6.77. The molecule has 0 heterocycles. The van der Waals surface area contributed by atoms with Crippen LogP contribution in [0.5, 0.6) is 5.75 Å². The monoisotopic (exact) mass is 224 g/mol. The van der Waals surface area contributed by atoms with Gasteiger partial charge >= 0.3 is 0 Å². The number of hydrogen-bond donors (Lipinski definition) is 1. The van der Waals surface area contributed by atoms with E-state index in [9.17, 15) is 4.21 Å². The van der Waals surface area contributed by atoms with Gasteiger partial charge in [0.1, 0.15) is 5.75 Å². The second kappa shape index (κ2) is 6.65. The van der Waals surface area contributed by atoms with E-state index in [1.165, 1.54) is 0 Å². The van der Waals surface area contributed by atoms with Crippen LogP contribution in [0.2, 0.25) is 0 Å². The van der Waals surface area contributed by atoms with E-state index in [0.717, 1.165) is 11.3 Å². The Morgan fingerprint density at radius 3 is 2.31 bits per heavy atom. The minimum atomic E-state index is -1.52. The molecule has 13 heavy (non-hydrogen) atoms. The minimum absolute atomic E-state index is 0. The summed E-state index contributed by atoms with van der Waals surface area (Å²) >= 11 is 0. The summed E-state index contributed by atoms with van der Waals surface area (Å²) in [6.07, 6.45) is 0. The summed E-state index contributed by atoms with van der Waals surface area (Å²) in [7, 11) is 0.0790. The van der Waals surface area contributed by atoms with Crippen LogP contribution in [0.25, 0.3) is 0 Å². The molecule has 0 radical (unpaired) electrons. The van der Waals surface area contributed by atoms with Crippen LogP contribution in [0.3, 0.4) is 0 Å². The van der Waals surface area contributed by atoms with Gasteiger partial charge in [-0.2, -0.15) is 10.6 Å². The summed E-state index contributed by atoms with van der Waals surface area (Å²) in [5.41, 5.74) is 0.893. The third-order valence-corrected chi connectivity index (χ3v) is 2.05. The van der Waals surface area contributed by atoms with Crippen LogP contribution in [0.15, 0.2) is 24.3 Å². The maximum atomic E-state index is 10.5. The van der Waals surface area contributed by atoms with E-state index < -0.39 is 10.6 Å². The van der Waals surface area contributed by atoms with Crippen molar-refractivity contribution in [1.29, 1.82) is 4.78 Å². The molecule has 0 bridgehead atoms. The number of ether oxygens (including phenoxy) is 1. The molecule has 0 unspecified atom stereocenters. The Balaban J connectivity index is 0.00000144. The third-order valence-electron chi connectivity index (χ3n) is 1.46. The molecule has 0 atom stereocenters. The van der Waals surface area contributed by atoms with Gasteiger partial charge in [-0.3, -0.25) is 0 Å². The number of benzene rings is 1. The van der Waals surface area contributed by atoms with Gasteiger partial charge in [0.25, 0.3) is 0 Å². The minimum Gasteiger partial charge on any atom is -0.497 e. The van der Waals surface area contributed by atoms with E-state index in [0.29, 0.717) is 0 Å². The SMILES string of the molecule is COc1ccc(C[S-](=N)=O)cc1.[Ar]. The zero-order chi connectivity index (χ0) is 8.97. The van der Waals surface area contributed by atoms with Gasteiger partial charge < -0.3 is 13.7 Å². The Morgan fingerprint density at radius 2 is 1.92 bits per heavy atom. The molecule has 0 aliphatic rings. The maximum absolute atomic E-state index is 10.5. The van der Waals surface area contributed by atoms with Gasteiger partial charge in [-0.15, -0.1) is 0 Å². The molecule has 74 valence electrons. The number of hydrogen-bond acceptors (Lipinski definition) is 4. The number of methoxy groups -OCH3 is 1. The Bertz CT molecular complexity index is 313. The van der Waals surface area contributed by atoms with Crippen LogP contribution in [-0.2, 0) is 20.6 Å². The van der Waals surface area contributed by atoms with Crippen molar-refractivity contribution in [3.8, 4) is 5.75 Å². The fourth-order valence-electron chi connectivity index (χ4n) is 0.873. The summed E-state index contributed by atoms with van der Waals surface area (Å²) in [6.45, 7) is 0. The van der Waals surface area contributed by atoms with Gasteiger partial charge in [0.15, 0.2) is 0 Å². The van der Waals surface area contributed by atoms with E-state index in [1.54, 1.807) is 19.2 Å². The molecule has 0 amide bonds. The van der Waals surface area contributed by atoms with Gasteiger partial charge in [0, 0.05) is 37.7 Å². The standard InChI is InChI=1S/C8H10NO2S.Ar/c1-11-8-4-2-7(3-5-8)6-12(9)10;/h2-5,9H,6H2,1H3;/q-1;. The second-order valence-corrected chi connectivity index (χ2v) is 3.32. The summed E-state index contributed by atoms with van der Waals surface area (Å²) in [5.74, 6) is 1.05. The molecule has 0 spiro atoms. The molecule has 0 saturated heterocycles. The van der Waals surface area contributed by atoms with Gasteiger partial charge in [-0.05, 0) is 12.1 Å². The van der Waals surface area contributed by atoms with Gasteiger partial charge in [-0.1, -0.05) is 23.4 Å². The zero-order valence-electron chi connectivity index (χ0n) is 7.09. The number of rotatable bonds is 3. The summed E-state index contributed by atoms with van der Waals surface area (Å²) < 4.78 is 22.3. The average Bonchev–Trinajstić information content (AvgIpc) is 2.05. The predicted molar refractivity (Wildman–Crippen MR) is 47.5 cm³/mol. The van der Waals surface area contributed by atoms with Crippen LogP contribution >= 0.6 is 0 Å². The van der Waals surface area contributed by atoms with Crippen molar-refractivity contribution in [3.63, 3.8) is 0 Å². The van der Waals surface area contributed by atoms with Crippen molar-refractivity contribution in [2.45, 2.75) is 5.75 Å². The first-order valence-electron chi connectivity index (χ1n) is 3.45. The van der Waals surface area contributed by atoms with Crippen LogP contribution < -0.4 is 4.74 Å². The van der Waals surface area contributed by atoms with Crippen molar-refractivity contribution in [2.24, 2.45) is 0 Å². The fraction of sp³-hybridized carbons (Fsp3) is 0.250. The number of nitrogens with one attached hydrogen (secondary N) is 1. The molecule has 1 aromatic carbocycles. The predicted octanol–water partition coefficient (Wildman–Crippen LogP) is 1.92. The molecule has 0 aromatic heterocycles. The largest absolute Gasteiger partial charge is 0.497 e. The Hall–Kier alpha value is 0.230. The molecule has 0 saturated carbocycles. The molecule has 1 rings (SSSR count). The van der Waals surface area contributed by atoms with Gasteiger partial charge in [0.2, 0.25) is 0 Å². The molecular formula is C8H10ArNO2S-. The van der Waals surface area contributed by atoms with Crippen molar-refractivity contribution in [1.82, 2.24) is 0 Å². The van der Waals surface area contributed by atoms with Gasteiger partial charge in [-0.25, -0.2) is 0 Å². The topological polar surface area (TPSA) is 50.1 Å². The first-order valence-corrected chi connectivity index (χ1v) is 4.77. The fourth-order valence-corrected chi connectivity index (χ4v) is 1.37. The summed E-state index contributed by atoms with van der Waals surface area (Å²) in [4.78, 5) is 0. The second-order valence-electron chi connectivity index (χ2n) is 2.34. The Labute approximate surface area is 109 Å². The van der Waals surface area contributed by atoms with Crippen molar-refractivity contribution in [3.05, 3.63) is 29.8 Å². The molecule has 3 nitrogen and oxygen atoms in total. The molecule has 5 heteroatoms. The van der Waals surface area contributed by atoms with Crippen LogP contribution in [0.1, 0.15) is 5.56 Å². The van der Waals surface area contributed by atoms with E-state index in [-0.39, 0.29) is 43.5 Å². The quantitative estimate of drug-likeness (QED) is 0.797. The first-order chi connectivity index (χ1) is 5.72. The van der Waals surface area contributed by atoms with Gasteiger partial charge in [0.05, 0.1) is 7.11 Å². The van der Waals surface area contributed by atoms with E-state index >= 15 is 0 Å². The molecule has 0 aliphatic heterocycles. The van der Waals surface area contributed by atoms with Crippen LogP contribution in [-0.4, -0.2) is 7.11 Å². The molecule has 1 aromatic rings.